The molecule has 2 unspecified atom stereocenters. The second-order valence-electron chi connectivity index (χ2n) is 5.46. The third kappa shape index (κ3) is 4.91. The van der Waals surface area contributed by atoms with Crippen molar-refractivity contribution < 1.29 is 19.4 Å². The fraction of sp³-hybridized carbons (Fsp3) is 0.500. The van der Waals surface area contributed by atoms with Crippen LogP contribution in [0.4, 0.5) is 0 Å². The first-order chi connectivity index (χ1) is 10.1. The number of hydrogen-bond acceptors (Lipinski definition) is 3. The maximum absolute atomic E-state index is 12.2. The monoisotopic (exact) mass is 327 g/mol. The van der Waals surface area contributed by atoms with E-state index in [-0.39, 0.29) is 24.2 Å². The van der Waals surface area contributed by atoms with Gasteiger partial charge in [-0.3, -0.25) is 9.59 Å². The van der Waals surface area contributed by atoms with E-state index in [4.69, 9.17) is 9.84 Å². The van der Waals surface area contributed by atoms with Crippen LogP contribution in [0.5, 0.6) is 5.75 Å². The van der Waals surface area contributed by atoms with Crippen LogP contribution < -0.4 is 4.74 Å². The molecule has 1 fully saturated rings. The number of hydrogen-bond donors (Lipinski definition) is 1. The van der Waals surface area contributed by atoms with Crippen molar-refractivity contribution in [3.63, 3.8) is 0 Å². The molecule has 0 aromatic heterocycles. The van der Waals surface area contributed by atoms with Gasteiger partial charge < -0.3 is 14.7 Å². The van der Waals surface area contributed by atoms with Crippen LogP contribution in [0.2, 0.25) is 0 Å². The lowest BCUT2D eigenvalue weighted by atomic mass is 10.1. The third-order valence-electron chi connectivity index (χ3n) is 3.83. The van der Waals surface area contributed by atoms with Gasteiger partial charge in [0, 0.05) is 19.0 Å². The fourth-order valence-corrected chi connectivity index (χ4v) is 2.47. The van der Waals surface area contributed by atoms with Crippen LogP contribution in [0.25, 0.3) is 0 Å². The molecule has 122 valence electrons. The smallest absolute Gasteiger partial charge is 0.308 e. The number of aliphatic carboxylic acids is 1. The summed E-state index contributed by atoms with van der Waals surface area (Å²) in [5, 5.41) is 8.96. The lowest BCUT2D eigenvalue weighted by Crippen LogP contribution is -2.34. The van der Waals surface area contributed by atoms with Crippen molar-refractivity contribution in [2.45, 2.75) is 19.8 Å². The molecule has 1 N–H and O–H groups in total. The lowest BCUT2D eigenvalue weighted by molar-refractivity contribution is -0.141. The van der Waals surface area contributed by atoms with Gasteiger partial charge in [-0.2, -0.15) is 0 Å². The van der Waals surface area contributed by atoms with E-state index in [1.54, 1.807) is 4.90 Å². The van der Waals surface area contributed by atoms with Gasteiger partial charge in [-0.15, -0.1) is 12.4 Å². The summed E-state index contributed by atoms with van der Waals surface area (Å²) < 4.78 is 5.58. The van der Waals surface area contributed by atoms with Gasteiger partial charge in [0.05, 0.1) is 12.5 Å². The highest BCUT2D eigenvalue weighted by Gasteiger charge is 2.32. The van der Waals surface area contributed by atoms with Gasteiger partial charge in [-0.25, -0.2) is 0 Å². The molecule has 5 nitrogen and oxygen atoms in total. The summed E-state index contributed by atoms with van der Waals surface area (Å²) in [4.78, 5) is 24.8. The summed E-state index contributed by atoms with van der Waals surface area (Å²) in [6.07, 6.45) is 1.18. The average molecular weight is 328 g/mol. The first-order valence-corrected chi connectivity index (χ1v) is 7.27. The van der Waals surface area contributed by atoms with Crippen molar-refractivity contribution in [1.82, 2.24) is 4.90 Å². The first-order valence-electron chi connectivity index (χ1n) is 7.27. The van der Waals surface area contributed by atoms with Crippen LogP contribution in [-0.4, -0.2) is 41.6 Å². The second kappa shape index (κ2) is 8.63. The van der Waals surface area contributed by atoms with Gasteiger partial charge in [0.1, 0.15) is 5.75 Å². The molecule has 1 saturated heterocycles. The summed E-state index contributed by atoms with van der Waals surface area (Å²) in [6.45, 7) is 3.22. The van der Waals surface area contributed by atoms with Crippen molar-refractivity contribution in [3.05, 3.63) is 30.3 Å². The summed E-state index contributed by atoms with van der Waals surface area (Å²) in [7, 11) is 0. The van der Waals surface area contributed by atoms with E-state index >= 15 is 0 Å². The van der Waals surface area contributed by atoms with Crippen LogP contribution in [-0.2, 0) is 9.59 Å². The van der Waals surface area contributed by atoms with Crippen LogP contribution >= 0.6 is 12.4 Å². The minimum Gasteiger partial charge on any atom is -0.494 e. The fourth-order valence-electron chi connectivity index (χ4n) is 2.47. The summed E-state index contributed by atoms with van der Waals surface area (Å²) in [5.41, 5.74) is 0. The maximum atomic E-state index is 12.2. The minimum atomic E-state index is -0.814. The van der Waals surface area contributed by atoms with Crippen molar-refractivity contribution in [3.8, 4) is 5.75 Å². The number of para-hydroxylation sites is 1. The van der Waals surface area contributed by atoms with Gasteiger partial charge in [-0.05, 0) is 25.0 Å². The number of likely N-dealkylation sites (tertiary alicyclic amines) is 1. The average Bonchev–Trinajstić information content (AvgIpc) is 2.97. The van der Waals surface area contributed by atoms with Crippen LogP contribution in [0.3, 0.4) is 0 Å². The quantitative estimate of drug-likeness (QED) is 0.871. The predicted octanol–water partition coefficient (Wildman–Crippen LogP) is 2.45. The number of amides is 1. The molecule has 2 atom stereocenters. The molecule has 0 aliphatic carbocycles. The maximum Gasteiger partial charge on any atom is 0.308 e. The summed E-state index contributed by atoms with van der Waals surface area (Å²) in [6, 6.07) is 9.49. The van der Waals surface area contributed by atoms with Crippen molar-refractivity contribution >= 4 is 24.3 Å². The number of carboxylic acid groups (broad SMARTS) is 1. The van der Waals surface area contributed by atoms with Gasteiger partial charge in [0.15, 0.2) is 0 Å². The third-order valence-corrected chi connectivity index (χ3v) is 3.83. The number of benzene rings is 1. The number of halogens is 1. The Kier molecular flexibility index (Phi) is 7.18. The molecule has 1 heterocycles. The molecule has 1 amide bonds. The van der Waals surface area contributed by atoms with E-state index in [0.717, 1.165) is 5.75 Å². The van der Waals surface area contributed by atoms with Gasteiger partial charge >= 0.3 is 5.97 Å². The van der Waals surface area contributed by atoms with Crippen LogP contribution in [0.1, 0.15) is 19.8 Å². The summed E-state index contributed by atoms with van der Waals surface area (Å²) in [5.74, 6) is -0.562. The molecule has 0 saturated carbocycles. The zero-order valence-corrected chi connectivity index (χ0v) is 13.4. The van der Waals surface area contributed by atoms with Gasteiger partial charge in [-0.1, -0.05) is 25.1 Å². The first kappa shape index (κ1) is 18.3. The van der Waals surface area contributed by atoms with E-state index in [9.17, 15) is 9.59 Å². The number of ether oxygens (including phenoxy) is 1. The number of carbonyl (C=O) groups excluding carboxylic acids is 1. The highest BCUT2D eigenvalue weighted by atomic mass is 35.5. The Labute approximate surface area is 136 Å². The van der Waals surface area contributed by atoms with Gasteiger partial charge in [0.25, 0.3) is 0 Å². The molecule has 0 spiro atoms. The Morgan fingerprint density at radius 3 is 2.64 bits per heavy atom. The number of carboxylic acids is 1. The zero-order chi connectivity index (χ0) is 15.2. The molecule has 1 aromatic rings. The van der Waals surface area contributed by atoms with E-state index in [2.05, 4.69) is 0 Å². The van der Waals surface area contributed by atoms with Crippen LogP contribution in [0, 0.1) is 11.8 Å². The largest absolute Gasteiger partial charge is 0.494 e. The van der Waals surface area contributed by atoms with Crippen molar-refractivity contribution in [2.24, 2.45) is 11.8 Å². The Bertz CT molecular complexity index is 494. The molecule has 1 aromatic carbocycles. The Morgan fingerprint density at radius 1 is 1.36 bits per heavy atom. The Hall–Kier alpha value is -1.75. The van der Waals surface area contributed by atoms with Crippen molar-refractivity contribution in [1.29, 1.82) is 0 Å². The number of rotatable bonds is 6. The summed E-state index contributed by atoms with van der Waals surface area (Å²) >= 11 is 0. The molecule has 1 aliphatic heterocycles. The predicted molar refractivity (Wildman–Crippen MR) is 85.3 cm³/mol. The minimum absolute atomic E-state index is 0. The molecule has 22 heavy (non-hydrogen) atoms. The topological polar surface area (TPSA) is 66.8 Å². The van der Waals surface area contributed by atoms with E-state index in [0.29, 0.717) is 32.5 Å². The SMILES string of the molecule is CC(CCOc1ccccc1)C(=O)N1CCC(C(=O)O)C1.Cl. The normalized spacial score (nSPS) is 18.4. The molecule has 1 aliphatic rings. The highest BCUT2D eigenvalue weighted by Crippen LogP contribution is 2.20. The van der Waals surface area contributed by atoms with Crippen LogP contribution in [0.15, 0.2) is 30.3 Å². The van der Waals surface area contributed by atoms with Crippen molar-refractivity contribution in [2.75, 3.05) is 19.7 Å². The zero-order valence-electron chi connectivity index (χ0n) is 12.6. The molecule has 0 radical (unpaired) electrons. The van der Waals surface area contributed by atoms with E-state index in [1.165, 1.54) is 0 Å². The number of nitrogens with zero attached hydrogens (tertiary/aromatic N) is 1. The van der Waals surface area contributed by atoms with E-state index in [1.807, 2.05) is 37.3 Å². The lowest BCUT2D eigenvalue weighted by Gasteiger charge is -2.20. The molecule has 2 rings (SSSR count). The molecule has 6 heteroatoms. The Morgan fingerprint density at radius 2 is 2.05 bits per heavy atom. The van der Waals surface area contributed by atoms with E-state index < -0.39 is 11.9 Å². The highest BCUT2D eigenvalue weighted by molar-refractivity contribution is 5.85. The number of carbonyl (C=O) groups is 2. The Balaban J connectivity index is 0.00000242. The molecular weight excluding hydrogens is 306 g/mol. The molecular formula is C16H22ClNO4. The van der Waals surface area contributed by atoms with Gasteiger partial charge in [0.2, 0.25) is 5.91 Å². The molecule has 0 bridgehead atoms. The standard InChI is InChI=1S/C16H21NO4.ClH/c1-12(8-10-21-14-5-3-2-4-6-14)15(18)17-9-7-13(11-17)16(19)20;/h2-6,12-13H,7-11H2,1H3,(H,19,20);1H. The second-order valence-corrected chi connectivity index (χ2v) is 5.46.